The molecule has 3 aromatic rings. The second-order valence-corrected chi connectivity index (χ2v) is 6.11. The summed E-state index contributed by atoms with van der Waals surface area (Å²) in [5.74, 6) is 0. The summed E-state index contributed by atoms with van der Waals surface area (Å²) in [5.41, 5.74) is 1.21. The van der Waals surface area contributed by atoms with Crippen LogP contribution in [0.4, 0.5) is 17.1 Å². The second kappa shape index (κ2) is 7.27. The molecule has 142 valence electrons. The Morgan fingerprint density at radius 3 is 2.11 bits per heavy atom. The minimum atomic E-state index is -0.738. The summed E-state index contributed by atoms with van der Waals surface area (Å²) < 4.78 is 1.35. The van der Waals surface area contributed by atoms with Crippen LogP contribution >= 0.6 is 0 Å². The number of rotatable bonds is 5. The van der Waals surface area contributed by atoms with Crippen molar-refractivity contribution in [2.24, 2.45) is 4.99 Å². The molecule has 0 radical (unpaired) electrons. The molecule has 28 heavy (non-hydrogen) atoms. The maximum atomic E-state index is 12.7. The average Bonchev–Trinajstić information content (AvgIpc) is 2.94. The van der Waals surface area contributed by atoms with Crippen molar-refractivity contribution in [3.63, 3.8) is 0 Å². The smallest absolute Gasteiger partial charge is 0.280 e. The number of non-ortho nitro benzene ring substituents is 2. The summed E-state index contributed by atoms with van der Waals surface area (Å²) in [5, 5.41) is 24.9. The van der Waals surface area contributed by atoms with Crippen LogP contribution in [0, 0.1) is 34.1 Å². The van der Waals surface area contributed by atoms with Crippen LogP contribution in [-0.2, 0) is 0 Å². The summed E-state index contributed by atoms with van der Waals surface area (Å²) in [6, 6.07) is 10.4. The Labute approximate surface area is 158 Å². The summed E-state index contributed by atoms with van der Waals surface area (Å²) >= 11 is 0. The first-order chi connectivity index (χ1) is 13.3. The minimum Gasteiger partial charge on any atom is -0.295 e. The van der Waals surface area contributed by atoms with Gasteiger partial charge in [0.05, 0.1) is 32.9 Å². The van der Waals surface area contributed by atoms with Crippen LogP contribution in [0.2, 0.25) is 0 Å². The third kappa shape index (κ3) is 3.70. The van der Waals surface area contributed by atoms with Crippen molar-refractivity contribution < 1.29 is 9.85 Å². The molecule has 0 saturated carbocycles. The molecule has 0 fully saturated rings. The Hall–Kier alpha value is -4.08. The Balaban J connectivity index is 2.02. The van der Waals surface area contributed by atoms with Gasteiger partial charge >= 0.3 is 0 Å². The molecule has 3 rings (SSSR count). The van der Waals surface area contributed by atoms with Gasteiger partial charge in [-0.15, -0.1) is 0 Å². The van der Waals surface area contributed by atoms with Crippen LogP contribution in [0.15, 0.2) is 52.3 Å². The van der Waals surface area contributed by atoms with E-state index in [4.69, 9.17) is 0 Å². The second-order valence-electron chi connectivity index (χ2n) is 6.11. The minimum absolute atomic E-state index is 0.00258. The predicted molar refractivity (Wildman–Crippen MR) is 103 cm³/mol. The zero-order valence-electron chi connectivity index (χ0n) is 14.9. The van der Waals surface area contributed by atoms with E-state index in [1.165, 1.54) is 10.9 Å². The number of nitrogens with zero attached hydrogens (tertiary/aromatic N) is 4. The first-order valence-corrected chi connectivity index (χ1v) is 8.13. The largest absolute Gasteiger partial charge is 0.295 e. The van der Waals surface area contributed by atoms with E-state index in [0.717, 1.165) is 23.8 Å². The number of hydrogen-bond donors (Lipinski definition) is 1. The van der Waals surface area contributed by atoms with E-state index in [1.54, 1.807) is 19.1 Å². The number of nitro groups is 2. The molecule has 0 amide bonds. The van der Waals surface area contributed by atoms with Gasteiger partial charge in [-0.25, -0.2) is 4.68 Å². The lowest BCUT2D eigenvalue weighted by molar-refractivity contribution is -0.394. The summed E-state index contributed by atoms with van der Waals surface area (Å²) in [6.07, 6.45) is 1.24. The van der Waals surface area contributed by atoms with E-state index in [1.807, 2.05) is 19.1 Å². The van der Waals surface area contributed by atoms with Crippen LogP contribution in [0.3, 0.4) is 0 Å². The molecule has 0 unspecified atom stereocenters. The van der Waals surface area contributed by atoms with Gasteiger partial charge in [-0.2, -0.15) is 0 Å². The highest BCUT2D eigenvalue weighted by atomic mass is 16.6. The summed E-state index contributed by atoms with van der Waals surface area (Å²) in [7, 11) is 0. The van der Waals surface area contributed by atoms with Crippen molar-refractivity contribution in [3.8, 4) is 5.69 Å². The number of nitro benzene ring substituents is 2. The Morgan fingerprint density at radius 1 is 1.00 bits per heavy atom. The quantitative estimate of drug-likeness (QED) is 0.410. The maximum Gasteiger partial charge on any atom is 0.280 e. The van der Waals surface area contributed by atoms with Gasteiger partial charge < -0.3 is 0 Å². The Bertz CT molecular complexity index is 1130. The van der Waals surface area contributed by atoms with E-state index >= 15 is 0 Å². The Morgan fingerprint density at radius 2 is 1.57 bits per heavy atom. The van der Waals surface area contributed by atoms with Gasteiger partial charge in [0.15, 0.2) is 0 Å². The number of H-pyrrole nitrogens is 1. The van der Waals surface area contributed by atoms with Crippen LogP contribution < -0.4 is 5.56 Å². The number of aromatic amines is 1. The average molecular weight is 381 g/mol. The fourth-order valence-electron chi connectivity index (χ4n) is 2.59. The molecular formula is C18H15N5O5. The van der Waals surface area contributed by atoms with Crippen molar-refractivity contribution >= 4 is 23.3 Å². The topological polar surface area (TPSA) is 136 Å². The van der Waals surface area contributed by atoms with E-state index in [0.29, 0.717) is 11.4 Å². The van der Waals surface area contributed by atoms with Crippen molar-refractivity contribution in [2.75, 3.05) is 0 Å². The molecule has 0 aliphatic carbocycles. The Kier molecular flexibility index (Phi) is 4.86. The SMILES string of the molecule is Cc1ccc(-n2[nH]c(C)c(C=Nc3cc([N+](=O)[O-])cc([N+](=O)[O-])c3)c2=O)cc1. The lowest BCUT2D eigenvalue weighted by atomic mass is 10.2. The normalized spacial score (nSPS) is 11.1. The van der Waals surface area contributed by atoms with E-state index in [2.05, 4.69) is 10.1 Å². The first kappa shape index (κ1) is 18.7. The number of aromatic nitrogens is 2. The third-order valence-electron chi connectivity index (χ3n) is 4.06. The lowest BCUT2D eigenvalue weighted by Crippen LogP contribution is -2.17. The van der Waals surface area contributed by atoms with Crippen LogP contribution in [0.1, 0.15) is 16.8 Å². The lowest BCUT2D eigenvalue weighted by Gasteiger charge is -2.01. The van der Waals surface area contributed by atoms with Crippen molar-refractivity contribution in [1.29, 1.82) is 0 Å². The molecule has 0 bridgehead atoms. The monoisotopic (exact) mass is 381 g/mol. The zero-order valence-corrected chi connectivity index (χ0v) is 14.9. The van der Waals surface area contributed by atoms with Gasteiger partial charge in [0.2, 0.25) is 0 Å². The van der Waals surface area contributed by atoms with E-state index < -0.39 is 21.2 Å². The van der Waals surface area contributed by atoms with Crippen molar-refractivity contribution in [2.45, 2.75) is 13.8 Å². The molecule has 10 nitrogen and oxygen atoms in total. The third-order valence-corrected chi connectivity index (χ3v) is 4.06. The molecule has 0 atom stereocenters. The molecular weight excluding hydrogens is 366 g/mol. The zero-order chi connectivity index (χ0) is 20.4. The standard InChI is InChI=1S/C18H15N5O5/c1-11-3-5-14(6-4-11)21-18(24)17(12(2)20-21)10-19-13-7-15(22(25)26)9-16(8-13)23(27)28/h3-10,20H,1-2H3. The first-order valence-electron chi connectivity index (χ1n) is 8.13. The molecule has 0 aliphatic rings. The van der Waals surface area contributed by atoms with Crippen molar-refractivity contribution in [1.82, 2.24) is 9.78 Å². The number of nitrogens with one attached hydrogen (secondary N) is 1. The number of aryl methyl sites for hydroxylation is 2. The van der Waals surface area contributed by atoms with Crippen LogP contribution in [0.5, 0.6) is 0 Å². The van der Waals surface area contributed by atoms with Gasteiger partial charge in [0.25, 0.3) is 16.9 Å². The predicted octanol–water partition coefficient (Wildman–Crippen LogP) is 3.35. The van der Waals surface area contributed by atoms with E-state index in [9.17, 15) is 25.0 Å². The fraction of sp³-hybridized carbons (Fsp3) is 0.111. The maximum absolute atomic E-state index is 12.7. The van der Waals surface area contributed by atoms with Gasteiger partial charge in [0.1, 0.15) is 0 Å². The molecule has 10 heteroatoms. The molecule has 2 aromatic carbocycles. The van der Waals surface area contributed by atoms with Crippen LogP contribution in [0.25, 0.3) is 5.69 Å². The highest BCUT2D eigenvalue weighted by Gasteiger charge is 2.16. The van der Waals surface area contributed by atoms with Gasteiger partial charge in [-0.3, -0.25) is 35.1 Å². The van der Waals surface area contributed by atoms with Gasteiger partial charge in [-0.05, 0) is 26.0 Å². The highest BCUT2D eigenvalue weighted by Crippen LogP contribution is 2.27. The molecule has 1 N–H and O–H groups in total. The van der Waals surface area contributed by atoms with Crippen LogP contribution in [-0.4, -0.2) is 25.8 Å². The molecule has 0 aliphatic heterocycles. The van der Waals surface area contributed by atoms with Gasteiger partial charge in [0, 0.05) is 24.0 Å². The van der Waals surface area contributed by atoms with E-state index in [-0.39, 0.29) is 16.8 Å². The molecule has 1 aromatic heterocycles. The molecule has 0 spiro atoms. The highest BCUT2D eigenvalue weighted by molar-refractivity contribution is 5.83. The van der Waals surface area contributed by atoms with Crippen molar-refractivity contribution in [3.05, 3.63) is 89.9 Å². The summed E-state index contributed by atoms with van der Waals surface area (Å²) in [4.78, 5) is 37.2. The number of aliphatic imine (C=N–C) groups is 1. The summed E-state index contributed by atoms with van der Waals surface area (Å²) in [6.45, 7) is 3.62. The fourth-order valence-corrected chi connectivity index (χ4v) is 2.59. The molecule has 1 heterocycles. The number of hydrogen-bond acceptors (Lipinski definition) is 6. The molecule has 0 saturated heterocycles. The number of benzene rings is 2. The van der Waals surface area contributed by atoms with Gasteiger partial charge in [-0.1, -0.05) is 17.7 Å².